The molecule has 0 fully saturated rings. The Balaban J connectivity index is 1.47. The van der Waals surface area contributed by atoms with Crippen molar-refractivity contribution in [3.05, 3.63) is 84.4 Å². The number of nitrogens with two attached hydrogens (primary N) is 1. The van der Waals surface area contributed by atoms with Crippen LogP contribution in [-0.4, -0.2) is 30.1 Å². The van der Waals surface area contributed by atoms with Crippen LogP contribution in [0.5, 0.6) is 17.2 Å². The summed E-state index contributed by atoms with van der Waals surface area (Å²) in [4.78, 5) is 16.2. The third kappa shape index (κ3) is 6.28. The number of phenols is 1. The highest BCUT2D eigenvalue weighted by molar-refractivity contribution is 5.94. The molecule has 0 saturated heterocycles. The van der Waals surface area contributed by atoms with E-state index in [0.717, 1.165) is 11.4 Å². The number of carbonyl (C=O) groups excluding carboxylic acids is 1. The molecule has 0 aliphatic rings. The van der Waals surface area contributed by atoms with Crippen molar-refractivity contribution in [2.24, 2.45) is 10.7 Å². The number of hydrogen-bond acceptors (Lipinski definition) is 4. The van der Waals surface area contributed by atoms with Crippen molar-refractivity contribution in [1.29, 1.82) is 0 Å². The van der Waals surface area contributed by atoms with Crippen LogP contribution in [0.15, 0.2) is 83.9 Å². The molecule has 1 amide bonds. The van der Waals surface area contributed by atoms with Crippen molar-refractivity contribution >= 4 is 17.6 Å². The van der Waals surface area contributed by atoms with Crippen LogP contribution in [0.4, 0.5) is 5.69 Å². The molecule has 0 spiro atoms. The fraction of sp³-hybridized carbons (Fsp3) is 0.0909. The summed E-state index contributed by atoms with van der Waals surface area (Å²) in [7, 11) is 0. The minimum atomic E-state index is -0.238. The van der Waals surface area contributed by atoms with E-state index >= 15 is 0 Å². The fourth-order valence-corrected chi connectivity index (χ4v) is 2.51. The first-order valence-corrected chi connectivity index (χ1v) is 9.07. The molecule has 0 unspecified atom stereocenters. The highest BCUT2D eigenvalue weighted by atomic mass is 16.5. The number of amides is 1. The van der Waals surface area contributed by atoms with Gasteiger partial charge in [0.2, 0.25) is 0 Å². The third-order valence-corrected chi connectivity index (χ3v) is 3.89. The van der Waals surface area contributed by atoms with E-state index in [0.29, 0.717) is 24.4 Å². The molecule has 0 heterocycles. The Labute approximate surface area is 168 Å². The number of rotatable bonds is 7. The summed E-state index contributed by atoms with van der Waals surface area (Å²) >= 11 is 0. The van der Waals surface area contributed by atoms with Crippen LogP contribution in [0.1, 0.15) is 10.4 Å². The lowest BCUT2D eigenvalue weighted by Crippen LogP contribution is -2.28. The monoisotopic (exact) mass is 390 g/mol. The second kappa shape index (κ2) is 9.80. The summed E-state index contributed by atoms with van der Waals surface area (Å²) in [6.45, 7) is 0.655. The van der Waals surface area contributed by atoms with Gasteiger partial charge in [-0.2, -0.15) is 0 Å². The maximum atomic E-state index is 12.0. The summed E-state index contributed by atoms with van der Waals surface area (Å²) in [6.07, 6.45) is 0. The molecular formula is C22H22N4O3. The molecule has 3 aromatic carbocycles. The molecule has 5 N–H and O–H groups in total. The van der Waals surface area contributed by atoms with E-state index in [-0.39, 0.29) is 17.6 Å². The molecule has 0 bridgehead atoms. The third-order valence-electron chi connectivity index (χ3n) is 3.89. The number of nitrogens with zero attached hydrogens (tertiary/aromatic N) is 1. The Bertz CT molecular complexity index is 973. The average Bonchev–Trinajstić information content (AvgIpc) is 2.72. The van der Waals surface area contributed by atoms with Crippen molar-refractivity contribution in [3.8, 4) is 17.2 Å². The zero-order valence-electron chi connectivity index (χ0n) is 15.7. The predicted molar refractivity (Wildman–Crippen MR) is 114 cm³/mol. The Kier molecular flexibility index (Phi) is 6.67. The van der Waals surface area contributed by atoms with Crippen LogP contribution in [0.25, 0.3) is 0 Å². The first-order valence-electron chi connectivity index (χ1n) is 9.07. The maximum Gasteiger partial charge on any atom is 0.251 e. The van der Waals surface area contributed by atoms with Gasteiger partial charge in [0.25, 0.3) is 5.91 Å². The molecule has 3 rings (SSSR count). The smallest absolute Gasteiger partial charge is 0.251 e. The molecule has 148 valence electrons. The number of anilines is 1. The minimum absolute atomic E-state index is 0.114. The van der Waals surface area contributed by atoms with Gasteiger partial charge in [-0.15, -0.1) is 0 Å². The molecule has 29 heavy (non-hydrogen) atoms. The molecule has 0 radical (unpaired) electrons. The molecule has 7 nitrogen and oxygen atoms in total. The van der Waals surface area contributed by atoms with E-state index in [1.807, 2.05) is 54.6 Å². The van der Waals surface area contributed by atoms with E-state index in [9.17, 15) is 9.90 Å². The van der Waals surface area contributed by atoms with Crippen molar-refractivity contribution in [2.45, 2.75) is 0 Å². The molecule has 0 atom stereocenters. The number of nitrogens with one attached hydrogen (secondary N) is 2. The van der Waals surface area contributed by atoms with Crippen molar-refractivity contribution in [1.82, 2.24) is 5.32 Å². The molecule has 3 aromatic rings. The predicted octanol–water partition coefficient (Wildman–Crippen LogP) is 3.34. The summed E-state index contributed by atoms with van der Waals surface area (Å²) in [6, 6.07) is 22.9. The first kappa shape index (κ1) is 19.8. The maximum absolute atomic E-state index is 12.0. The number of aromatic hydroxyl groups is 1. The van der Waals surface area contributed by atoms with E-state index in [2.05, 4.69) is 15.6 Å². The van der Waals surface area contributed by atoms with Gasteiger partial charge in [-0.3, -0.25) is 9.79 Å². The molecule has 0 aliphatic heterocycles. The molecule has 0 aliphatic carbocycles. The van der Waals surface area contributed by atoms with Gasteiger partial charge < -0.3 is 26.2 Å². The zero-order valence-corrected chi connectivity index (χ0v) is 15.7. The van der Waals surface area contributed by atoms with Crippen LogP contribution in [-0.2, 0) is 0 Å². The van der Waals surface area contributed by atoms with Gasteiger partial charge in [-0.05, 0) is 48.5 Å². The van der Waals surface area contributed by atoms with Crippen LogP contribution in [0, 0.1) is 0 Å². The number of guanidine groups is 1. The number of hydrogen-bond donors (Lipinski definition) is 4. The van der Waals surface area contributed by atoms with Crippen LogP contribution >= 0.6 is 0 Å². The van der Waals surface area contributed by atoms with Crippen LogP contribution < -0.4 is 21.1 Å². The number of aliphatic imine (C=N–C) groups is 1. The number of phenolic OH excluding ortho intramolecular Hbond substituents is 1. The van der Waals surface area contributed by atoms with Crippen LogP contribution in [0.2, 0.25) is 0 Å². The van der Waals surface area contributed by atoms with E-state index < -0.39 is 0 Å². The van der Waals surface area contributed by atoms with E-state index in [4.69, 9.17) is 10.5 Å². The van der Waals surface area contributed by atoms with Gasteiger partial charge in [-0.25, -0.2) is 0 Å². The number of benzene rings is 3. The summed E-state index contributed by atoms with van der Waals surface area (Å²) in [5, 5.41) is 15.0. The van der Waals surface area contributed by atoms with Gasteiger partial charge in [-0.1, -0.05) is 24.3 Å². The lowest BCUT2D eigenvalue weighted by molar-refractivity contribution is 0.0955. The molecular weight excluding hydrogens is 368 g/mol. The topological polar surface area (TPSA) is 109 Å². The summed E-state index contributed by atoms with van der Waals surface area (Å²) in [5.74, 6) is 1.53. The Morgan fingerprint density at radius 3 is 2.45 bits per heavy atom. The molecule has 0 aromatic heterocycles. The SMILES string of the molecule is NC(=NCCNC(=O)c1ccc(O)cc1)Nc1cccc(Oc2ccccc2)c1. The van der Waals surface area contributed by atoms with Gasteiger partial charge in [0.1, 0.15) is 17.2 Å². The Morgan fingerprint density at radius 1 is 0.966 bits per heavy atom. The summed E-state index contributed by atoms with van der Waals surface area (Å²) < 4.78 is 5.79. The lowest BCUT2D eigenvalue weighted by atomic mass is 10.2. The largest absolute Gasteiger partial charge is 0.508 e. The van der Waals surface area contributed by atoms with Gasteiger partial charge in [0.15, 0.2) is 5.96 Å². The van der Waals surface area contributed by atoms with Crippen molar-refractivity contribution < 1.29 is 14.6 Å². The quantitative estimate of drug-likeness (QED) is 0.281. The second-order valence-corrected chi connectivity index (χ2v) is 6.14. The van der Waals surface area contributed by atoms with Gasteiger partial charge in [0.05, 0.1) is 6.54 Å². The van der Waals surface area contributed by atoms with Gasteiger partial charge in [0, 0.05) is 23.9 Å². The molecule has 7 heteroatoms. The highest BCUT2D eigenvalue weighted by Crippen LogP contribution is 2.23. The summed E-state index contributed by atoms with van der Waals surface area (Å²) in [5.41, 5.74) is 7.12. The number of ether oxygens (including phenoxy) is 1. The number of carbonyl (C=O) groups is 1. The second-order valence-electron chi connectivity index (χ2n) is 6.14. The van der Waals surface area contributed by atoms with Crippen molar-refractivity contribution in [3.63, 3.8) is 0 Å². The Hall–Kier alpha value is -4.00. The standard InChI is InChI=1S/C22H22N4O3/c23-22(25-14-13-24-21(28)16-9-11-18(27)12-10-16)26-17-5-4-8-20(15-17)29-19-6-2-1-3-7-19/h1-12,15,27H,13-14H2,(H,24,28)(H3,23,25,26). The van der Waals surface area contributed by atoms with Crippen LogP contribution in [0.3, 0.4) is 0 Å². The highest BCUT2D eigenvalue weighted by Gasteiger charge is 2.04. The normalized spacial score (nSPS) is 11.0. The lowest BCUT2D eigenvalue weighted by Gasteiger charge is -2.09. The first-order chi connectivity index (χ1) is 14.1. The Morgan fingerprint density at radius 2 is 1.69 bits per heavy atom. The average molecular weight is 390 g/mol. The minimum Gasteiger partial charge on any atom is -0.508 e. The zero-order chi connectivity index (χ0) is 20.5. The number of para-hydroxylation sites is 1. The van der Waals surface area contributed by atoms with Crippen molar-refractivity contribution in [2.75, 3.05) is 18.4 Å². The van der Waals surface area contributed by atoms with E-state index in [1.165, 1.54) is 12.1 Å². The fourth-order valence-electron chi connectivity index (χ4n) is 2.51. The molecule has 0 saturated carbocycles. The van der Waals surface area contributed by atoms with E-state index in [1.54, 1.807) is 12.1 Å². The van der Waals surface area contributed by atoms with Gasteiger partial charge >= 0.3 is 0 Å².